The van der Waals surface area contributed by atoms with E-state index in [1.807, 2.05) is 6.07 Å². The van der Waals surface area contributed by atoms with E-state index in [2.05, 4.69) is 34.8 Å². The molecule has 2 aromatic rings. The Morgan fingerprint density at radius 1 is 1.38 bits per heavy atom. The van der Waals surface area contributed by atoms with Crippen molar-refractivity contribution in [3.05, 3.63) is 30.1 Å². The van der Waals surface area contributed by atoms with Crippen molar-refractivity contribution in [3.63, 3.8) is 0 Å². The van der Waals surface area contributed by atoms with Gasteiger partial charge in [0.1, 0.15) is 5.82 Å². The van der Waals surface area contributed by atoms with Crippen LogP contribution in [0, 0.1) is 5.92 Å². The zero-order chi connectivity index (χ0) is 11.1. The second kappa shape index (κ2) is 3.59. The molecule has 0 amide bonds. The standard InChI is InChI=1S/C13H17N3/c1-16-12-5-3-2-4-11(12)15-13(16)8-9-6-7-10(9)14/h2-5,9-10H,6-8,14H2,1H3. The quantitative estimate of drug-likeness (QED) is 0.831. The highest BCUT2D eigenvalue weighted by Gasteiger charge is 2.28. The Kier molecular flexibility index (Phi) is 2.21. The minimum Gasteiger partial charge on any atom is -0.331 e. The SMILES string of the molecule is Cn1c(CC2CCC2N)nc2ccccc21. The summed E-state index contributed by atoms with van der Waals surface area (Å²) in [5.41, 5.74) is 8.28. The highest BCUT2D eigenvalue weighted by atomic mass is 15.1. The van der Waals surface area contributed by atoms with Gasteiger partial charge in [0.15, 0.2) is 0 Å². The molecule has 0 spiro atoms. The lowest BCUT2D eigenvalue weighted by Gasteiger charge is -2.33. The smallest absolute Gasteiger partial charge is 0.109 e. The van der Waals surface area contributed by atoms with Crippen LogP contribution in [0.2, 0.25) is 0 Å². The number of hydrogen-bond acceptors (Lipinski definition) is 2. The molecule has 1 aliphatic carbocycles. The van der Waals surface area contributed by atoms with Crippen LogP contribution in [0.15, 0.2) is 24.3 Å². The van der Waals surface area contributed by atoms with Gasteiger partial charge in [0, 0.05) is 19.5 Å². The molecular weight excluding hydrogens is 198 g/mol. The van der Waals surface area contributed by atoms with Crippen LogP contribution in [0.1, 0.15) is 18.7 Å². The molecule has 0 saturated heterocycles. The molecule has 1 aromatic carbocycles. The normalized spacial score (nSPS) is 24.6. The molecular formula is C13H17N3. The number of fused-ring (bicyclic) bond motifs is 1. The second-order valence-electron chi connectivity index (χ2n) is 4.78. The third kappa shape index (κ3) is 1.43. The number of aryl methyl sites for hydroxylation is 1. The lowest BCUT2D eigenvalue weighted by molar-refractivity contribution is 0.251. The summed E-state index contributed by atoms with van der Waals surface area (Å²) in [6.45, 7) is 0. The molecule has 0 aliphatic heterocycles. The Morgan fingerprint density at radius 2 is 2.19 bits per heavy atom. The molecule has 1 heterocycles. The Balaban J connectivity index is 1.94. The highest BCUT2D eigenvalue weighted by Crippen LogP contribution is 2.29. The van der Waals surface area contributed by atoms with Crippen LogP contribution in [0.4, 0.5) is 0 Å². The molecule has 16 heavy (non-hydrogen) atoms. The molecule has 3 heteroatoms. The predicted octanol–water partition coefficient (Wildman–Crippen LogP) is 1.85. The zero-order valence-electron chi connectivity index (χ0n) is 9.56. The monoisotopic (exact) mass is 215 g/mol. The topological polar surface area (TPSA) is 43.8 Å². The molecule has 0 bridgehead atoms. The van der Waals surface area contributed by atoms with Gasteiger partial charge in [-0.3, -0.25) is 0 Å². The molecule has 1 aromatic heterocycles. The van der Waals surface area contributed by atoms with E-state index in [1.54, 1.807) is 0 Å². The molecule has 0 radical (unpaired) electrons. The van der Waals surface area contributed by atoms with Crippen molar-refractivity contribution in [1.82, 2.24) is 9.55 Å². The van der Waals surface area contributed by atoms with Gasteiger partial charge in [0.2, 0.25) is 0 Å². The Hall–Kier alpha value is -1.35. The number of nitrogens with zero attached hydrogens (tertiary/aromatic N) is 2. The van der Waals surface area contributed by atoms with Crippen molar-refractivity contribution >= 4 is 11.0 Å². The maximum absolute atomic E-state index is 5.98. The van der Waals surface area contributed by atoms with Gasteiger partial charge in [-0.25, -0.2) is 4.98 Å². The molecule has 2 N–H and O–H groups in total. The van der Waals surface area contributed by atoms with Gasteiger partial charge in [-0.05, 0) is 30.9 Å². The summed E-state index contributed by atoms with van der Waals surface area (Å²) < 4.78 is 2.19. The summed E-state index contributed by atoms with van der Waals surface area (Å²) >= 11 is 0. The van der Waals surface area contributed by atoms with Crippen LogP contribution in [0.5, 0.6) is 0 Å². The van der Waals surface area contributed by atoms with Gasteiger partial charge in [-0.1, -0.05) is 12.1 Å². The molecule has 3 nitrogen and oxygen atoms in total. The van der Waals surface area contributed by atoms with Crippen LogP contribution in [-0.4, -0.2) is 15.6 Å². The van der Waals surface area contributed by atoms with E-state index in [-0.39, 0.29) is 0 Å². The van der Waals surface area contributed by atoms with Gasteiger partial charge >= 0.3 is 0 Å². The summed E-state index contributed by atoms with van der Waals surface area (Å²) in [6.07, 6.45) is 3.45. The van der Waals surface area contributed by atoms with Crippen molar-refractivity contribution < 1.29 is 0 Å². The number of nitrogens with two attached hydrogens (primary N) is 1. The van der Waals surface area contributed by atoms with E-state index in [0.29, 0.717) is 12.0 Å². The van der Waals surface area contributed by atoms with Crippen molar-refractivity contribution in [3.8, 4) is 0 Å². The van der Waals surface area contributed by atoms with E-state index in [0.717, 1.165) is 11.9 Å². The Morgan fingerprint density at radius 3 is 2.81 bits per heavy atom. The third-order valence-electron chi connectivity index (χ3n) is 3.80. The average Bonchev–Trinajstić information content (AvgIpc) is 2.62. The summed E-state index contributed by atoms with van der Waals surface area (Å²) in [5.74, 6) is 1.80. The molecule has 2 unspecified atom stereocenters. The van der Waals surface area contributed by atoms with E-state index >= 15 is 0 Å². The summed E-state index contributed by atoms with van der Waals surface area (Å²) in [4.78, 5) is 4.68. The van der Waals surface area contributed by atoms with Crippen LogP contribution in [0.3, 0.4) is 0 Å². The van der Waals surface area contributed by atoms with Crippen LogP contribution < -0.4 is 5.73 Å². The fourth-order valence-corrected chi connectivity index (χ4v) is 2.46. The predicted molar refractivity (Wildman–Crippen MR) is 65.1 cm³/mol. The fraction of sp³-hybridized carbons (Fsp3) is 0.462. The lowest BCUT2D eigenvalue weighted by atomic mass is 9.78. The number of aromatic nitrogens is 2. The second-order valence-corrected chi connectivity index (χ2v) is 4.78. The Labute approximate surface area is 95.3 Å². The van der Waals surface area contributed by atoms with Crippen LogP contribution >= 0.6 is 0 Å². The van der Waals surface area contributed by atoms with Gasteiger partial charge in [-0.2, -0.15) is 0 Å². The van der Waals surface area contributed by atoms with E-state index < -0.39 is 0 Å². The summed E-state index contributed by atoms with van der Waals surface area (Å²) in [7, 11) is 2.09. The van der Waals surface area contributed by atoms with E-state index in [9.17, 15) is 0 Å². The highest BCUT2D eigenvalue weighted by molar-refractivity contribution is 5.75. The first kappa shape index (κ1) is 9.85. The molecule has 3 rings (SSSR count). The summed E-state index contributed by atoms with van der Waals surface area (Å²) in [6, 6.07) is 8.67. The van der Waals surface area contributed by atoms with Crippen molar-refractivity contribution in [2.24, 2.45) is 18.7 Å². The molecule has 1 fully saturated rings. The maximum atomic E-state index is 5.98. The molecule has 1 saturated carbocycles. The van der Waals surface area contributed by atoms with Crippen LogP contribution in [0.25, 0.3) is 11.0 Å². The fourth-order valence-electron chi connectivity index (χ4n) is 2.46. The minimum absolute atomic E-state index is 0.389. The van der Waals surface area contributed by atoms with Gasteiger partial charge in [0.25, 0.3) is 0 Å². The number of rotatable bonds is 2. The average molecular weight is 215 g/mol. The lowest BCUT2D eigenvalue weighted by Crippen LogP contribution is -2.40. The first-order chi connectivity index (χ1) is 7.75. The number of para-hydroxylation sites is 2. The largest absolute Gasteiger partial charge is 0.331 e. The van der Waals surface area contributed by atoms with Crippen molar-refractivity contribution in [2.45, 2.75) is 25.3 Å². The van der Waals surface area contributed by atoms with Gasteiger partial charge in [0.05, 0.1) is 11.0 Å². The molecule has 84 valence electrons. The first-order valence-corrected chi connectivity index (χ1v) is 5.91. The van der Waals surface area contributed by atoms with E-state index in [4.69, 9.17) is 5.73 Å². The van der Waals surface area contributed by atoms with Crippen LogP contribution in [-0.2, 0) is 13.5 Å². The van der Waals surface area contributed by atoms with E-state index in [1.165, 1.54) is 24.2 Å². The number of imidazole rings is 1. The van der Waals surface area contributed by atoms with Gasteiger partial charge in [-0.15, -0.1) is 0 Å². The third-order valence-corrected chi connectivity index (χ3v) is 3.80. The first-order valence-electron chi connectivity index (χ1n) is 5.91. The molecule has 1 aliphatic rings. The number of hydrogen-bond donors (Lipinski definition) is 1. The maximum Gasteiger partial charge on any atom is 0.109 e. The van der Waals surface area contributed by atoms with Gasteiger partial charge < -0.3 is 10.3 Å². The zero-order valence-corrected chi connectivity index (χ0v) is 9.56. The van der Waals surface area contributed by atoms with Crippen molar-refractivity contribution in [2.75, 3.05) is 0 Å². The molecule has 2 atom stereocenters. The van der Waals surface area contributed by atoms with Crippen molar-refractivity contribution in [1.29, 1.82) is 0 Å². The Bertz CT molecular complexity index is 515. The number of benzene rings is 1. The minimum atomic E-state index is 0.389. The summed E-state index contributed by atoms with van der Waals surface area (Å²) in [5, 5.41) is 0.